The molecule has 31 heavy (non-hydrogen) atoms. The van der Waals surface area contributed by atoms with Gasteiger partial charge < -0.3 is 15.1 Å². The summed E-state index contributed by atoms with van der Waals surface area (Å²) in [5, 5.41) is 21.9. The Bertz CT molecular complexity index is 1120. The summed E-state index contributed by atoms with van der Waals surface area (Å²) < 4.78 is 1.35. The zero-order valence-electron chi connectivity index (χ0n) is 17.5. The molecular weight excluding hydrogens is 394 g/mol. The fraction of sp³-hybridized carbons (Fsp3) is 0.375. The summed E-state index contributed by atoms with van der Waals surface area (Å²) in [6, 6.07) is 15.1. The Morgan fingerprint density at radius 2 is 1.81 bits per heavy atom. The molecule has 0 radical (unpaired) electrons. The van der Waals surface area contributed by atoms with Gasteiger partial charge in [-0.2, -0.15) is 0 Å². The number of aliphatic hydroxyl groups excluding tert-OH is 1. The van der Waals surface area contributed by atoms with Gasteiger partial charge in [0.15, 0.2) is 0 Å². The smallest absolute Gasteiger partial charge is 0.263 e. The summed E-state index contributed by atoms with van der Waals surface area (Å²) in [4.78, 5) is 31.5. The van der Waals surface area contributed by atoms with Crippen LogP contribution in [0.5, 0.6) is 0 Å². The molecule has 0 spiro atoms. The van der Waals surface area contributed by atoms with Gasteiger partial charge in [-0.05, 0) is 36.5 Å². The van der Waals surface area contributed by atoms with Gasteiger partial charge >= 0.3 is 0 Å². The van der Waals surface area contributed by atoms with Crippen LogP contribution in [0.1, 0.15) is 49.3 Å². The lowest BCUT2D eigenvalue weighted by atomic mass is 9.83. The molecule has 7 nitrogen and oxygen atoms in total. The van der Waals surface area contributed by atoms with E-state index < -0.39 is 17.3 Å². The number of hydrogen-bond donors (Lipinski definition) is 2. The second-order valence-electron chi connectivity index (χ2n) is 8.35. The van der Waals surface area contributed by atoms with Gasteiger partial charge in [-0.1, -0.05) is 43.3 Å². The van der Waals surface area contributed by atoms with Crippen molar-refractivity contribution in [2.75, 3.05) is 13.1 Å². The van der Waals surface area contributed by atoms with E-state index in [4.69, 9.17) is 0 Å². The highest BCUT2D eigenvalue weighted by molar-refractivity contribution is 5.77. The third-order valence-electron chi connectivity index (χ3n) is 6.27. The van der Waals surface area contributed by atoms with Crippen LogP contribution in [-0.2, 0) is 4.79 Å². The summed E-state index contributed by atoms with van der Waals surface area (Å²) in [5.74, 6) is 0.129. The van der Waals surface area contributed by atoms with Crippen molar-refractivity contribution >= 4 is 11.6 Å². The first-order valence-electron chi connectivity index (χ1n) is 10.6. The quantitative estimate of drug-likeness (QED) is 0.659. The molecule has 0 aliphatic carbocycles. The Labute approximate surface area is 180 Å². The van der Waals surface area contributed by atoms with Crippen LogP contribution in [0, 0.1) is 0 Å². The number of aromatic nitrogens is 2. The van der Waals surface area contributed by atoms with E-state index >= 15 is 0 Å². The second kappa shape index (κ2) is 8.61. The fourth-order valence-electron chi connectivity index (χ4n) is 4.23. The topological polar surface area (TPSA) is 95.1 Å². The van der Waals surface area contributed by atoms with Gasteiger partial charge in [0.25, 0.3) is 5.56 Å². The number of aliphatic hydroxyl groups is 2. The van der Waals surface area contributed by atoms with Crippen LogP contribution in [0.25, 0.3) is 5.65 Å². The molecule has 1 aliphatic heterocycles. The Hall–Kier alpha value is -3.03. The number of fused-ring (bicyclic) bond motifs is 1. The predicted octanol–water partition coefficient (Wildman–Crippen LogP) is 2.28. The summed E-state index contributed by atoms with van der Waals surface area (Å²) in [6.07, 6.45) is 2.32. The van der Waals surface area contributed by atoms with E-state index in [0.29, 0.717) is 25.2 Å². The van der Waals surface area contributed by atoms with E-state index in [0.717, 1.165) is 5.56 Å². The summed E-state index contributed by atoms with van der Waals surface area (Å²) >= 11 is 0. The number of benzene rings is 1. The van der Waals surface area contributed by atoms with Crippen molar-refractivity contribution < 1.29 is 15.0 Å². The van der Waals surface area contributed by atoms with Gasteiger partial charge in [0.1, 0.15) is 11.8 Å². The predicted molar refractivity (Wildman–Crippen MR) is 117 cm³/mol. The first-order chi connectivity index (χ1) is 14.9. The molecule has 2 atom stereocenters. The maximum Gasteiger partial charge on any atom is 0.263 e. The lowest BCUT2D eigenvalue weighted by molar-refractivity contribution is -0.143. The van der Waals surface area contributed by atoms with Gasteiger partial charge in [0.2, 0.25) is 5.91 Å². The highest BCUT2D eigenvalue weighted by Gasteiger charge is 2.42. The monoisotopic (exact) mass is 421 g/mol. The highest BCUT2D eigenvalue weighted by Crippen LogP contribution is 2.34. The highest BCUT2D eigenvalue weighted by atomic mass is 16.3. The van der Waals surface area contributed by atoms with E-state index in [9.17, 15) is 19.8 Å². The number of amides is 1. The van der Waals surface area contributed by atoms with E-state index in [-0.39, 0.29) is 30.2 Å². The molecule has 7 heteroatoms. The van der Waals surface area contributed by atoms with Gasteiger partial charge in [-0.25, -0.2) is 4.98 Å². The van der Waals surface area contributed by atoms with Crippen molar-refractivity contribution in [2.45, 2.75) is 43.8 Å². The third kappa shape index (κ3) is 4.24. The van der Waals surface area contributed by atoms with Crippen molar-refractivity contribution in [3.05, 3.63) is 82.4 Å². The third-order valence-corrected chi connectivity index (χ3v) is 6.27. The number of piperidine rings is 1. The minimum absolute atomic E-state index is 0.0281. The van der Waals surface area contributed by atoms with Crippen molar-refractivity contribution in [2.24, 2.45) is 0 Å². The minimum atomic E-state index is -1.48. The minimum Gasteiger partial charge on any atom is -0.387 e. The normalized spacial score (nSPS) is 18.0. The molecule has 4 rings (SSSR count). The molecule has 1 unspecified atom stereocenters. The Balaban J connectivity index is 1.43. The van der Waals surface area contributed by atoms with Crippen molar-refractivity contribution in [1.82, 2.24) is 14.3 Å². The number of pyridine rings is 1. The molecule has 0 bridgehead atoms. The first-order valence-corrected chi connectivity index (χ1v) is 10.6. The number of carbonyl (C=O) groups excluding carboxylic acids is 1. The molecule has 1 fully saturated rings. The van der Waals surface area contributed by atoms with E-state index in [1.54, 1.807) is 29.3 Å². The van der Waals surface area contributed by atoms with E-state index in [1.807, 2.05) is 37.3 Å². The van der Waals surface area contributed by atoms with Crippen LogP contribution in [0.2, 0.25) is 0 Å². The van der Waals surface area contributed by atoms with Gasteiger partial charge in [-0.15, -0.1) is 0 Å². The Kier molecular flexibility index (Phi) is 5.89. The molecule has 2 aromatic heterocycles. The molecule has 3 heterocycles. The number of carbonyl (C=O) groups is 1. The van der Waals surface area contributed by atoms with Gasteiger partial charge in [-0.3, -0.25) is 14.0 Å². The van der Waals surface area contributed by atoms with Crippen molar-refractivity contribution in [3.63, 3.8) is 0 Å². The molecule has 1 aromatic carbocycles. The molecule has 1 amide bonds. The zero-order chi connectivity index (χ0) is 22.0. The first kappa shape index (κ1) is 21.2. The number of hydrogen-bond acceptors (Lipinski definition) is 5. The summed E-state index contributed by atoms with van der Waals surface area (Å²) in [7, 11) is 0. The van der Waals surface area contributed by atoms with Gasteiger partial charge in [0.05, 0.1) is 11.2 Å². The summed E-state index contributed by atoms with van der Waals surface area (Å²) in [6.45, 7) is 2.68. The maximum atomic E-state index is 12.8. The molecule has 0 saturated carbocycles. The Morgan fingerprint density at radius 3 is 2.52 bits per heavy atom. The molecular formula is C24H27N3O4. The van der Waals surface area contributed by atoms with Crippen LogP contribution >= 0.6 is 0 Å². The van der Waals surface area contributed by atoms with Crippen LogP contribution in [-0.4, -0.2) is 49.1 Å². The van der Waals surface area contributed by atoms with E-state index in [2.05, 4.69) is 4.98 Å². The van der Waals surface area contributed by atoms with E-state index in [1.165, 1.54) is 10.6 Å². The summed E-state index contributed by atoms with van der Waals surface area (Å²) in [5.41, 5.74) is -0.232. The average molecular weight is 421 g/mol. The fourth-order valence-corrected chi connectivity index (χ4v) is 4.23. The van der Waals surface area contributed by atoms with Crippen molar-refractivity contribution in [3.8, 4) is 0 Å². The number of nitrogens with zero attached hydrogens (tertiary/aromatic N) is 3. The lowest BCUT2D eigenvalue weighted by Crippen LogP contribution is -2.50. The average Bonchev–Trinajstić information content (AvgIpc) is 2.80. The lowest BCUT2D eigenvalue weighted by Gasteiger charge is -2.41. The maximum absolute atomic E-state index is 12.8. The molecule has 3 aromatic rings. The zero-order valence-corrected chi connectivity index (χ0v) is 17.5. The number of likely N-dealkylation sites (tertiary alicyclic amines) is 1. The SMILES string of the molecule is C[C@H](CC(=O)N1CCC(O)(C(O)c2cnc3ccccn3c2=O)CC1)c1ccccc1. The van der Waals surface area contributed by atoms with Crippen molar-refractivity contribution in [1.29, 1.82) is 0 Å². The molecule has 1 saturated heterocycles. The Morgan fingerprint density at radius 1 is 1.13 bits per heavy atom. The van der Waals surface area contributed by atoms with Crippen LogP contribution in [0.15, 0.2) is 65.7 Å². The molecule has 162 valence electrons. The van der Waals surface area contributed by atoms with Gasteiger partial charge in [0, 0.05) is 31.9 Å². The molecule has 2 N–H and O–H groups in total. The standard InChI is InChI=1S/C24H27N3O4/c1-17(18-7-3-2-4-8-18)15-21(28)26-13-10-24(31,11-14-26)22(29)19-16-25-20-9-5-6-12-27(20)23(19)30/h2-9,12,16-17,22,29,31H,10-11,13-15H2,1H3/t17-,22?/m1/s1. The second-order valence-corrected chi connectivity index (χ2v) is 8.35. The van der Waals surface area contributed by atoms with Crippen LogP contribution in [0.4, 0.5) is 0 Å². The van der Waals surface area contributed by atoms with Crippen LogP contribution < -0.4 is 5.56 Å². The van der Waals surface area contributed by atoms with Crippen LogP contribution in [0.3, 0.4) is 0 Å². The number of rotatable bonds is 5. The largest absolute Gasteiger partial charge is 0.387 e. The molecule has 1 aliphatic rings.